The molecule has 3 heterocycles. The van der Waals surface area contributed by atoms with Gasteiger partial charge in [-0.25, -0.2) is 18.4 Å². The Bertz CT molecular complexity index is 1550. The first-order valence-corrected chi connectivity index (χ1v) is 14.5. The number of aliphatic hydroxyl groups excluding tert-OH is 1. The maximum atomic E-state index is 13.2. The number of benzene rings is 2. The third kappa shape index (κ3) is 5.89. The van der Waals surface area contributed by atoms with Gasteiger partial charge in [0, 0.05) is 49.6 Å². The van der Waals surface area contributed by atoms with E-state index in [-0.39, 0.29) is 22.5 Å². The number of thiazole rings is 1. The number of hydrogen-bond acceptors (Lipinski definition) is 9. The van der Waals surface area contributed by atoms with Crippen LogP contribution in [0, 0.1) is 0 Å². The summed E-state index contributed by atoms with van der Waals surface area (Å²) in [7, 11) is -3.86. The second-order valence-electron chi connectivity index (χ2n) is 8.64. The van der Waals surface area contributed by atoms with Crippen LogP contribution in [0.5, 0.6) is 0 Å². The molecule has 10 nitrogen and oxygen atoms in total. The molecule has 0 aliphatic carbocycles. The molecule has 1 aliphatic heterocycles. The normalized spacial score (nSPS) is 14.5. The van der Waals surface area contributed by atoms with Gasteiger partial charge in [-0.15, -0.1) is 0 Å². The summed E-state index contributed by atoms with van der Waals surface area (Å²) in [5.41, 5.74) is 1.63. The summed E-state index contributed by atoms with van der Waals surface area (Å²) in [5.74, 6) is 0.252. The average Bonchev–Trinajstić information content (AvgIpc) is 3.30. The molecular weight excluding hydrogens is 548 g/mol. The Balaban J connectivity index is 1.28. The summed E-state index contributed by atoms with van der Waals surface area (Å²) in [6, 6.07) is 14.8. The zero-order valence-corrected chi connectivity index (χ0v) is 22.6. The van der Waals surface area contributed by atoms with E-state index in [0.717, 1.165) is 4.70 Å². The van der Waals surface area contributed by atoms with Crippen molar-refractivity contribution < 1.29 is 18.3 Å². The van der Waals surface area contributed by atoms with Gasteiger partial charge in [0.15, 0.2) is 5.13 Å². The number of β-amino-alcohol motifs (C(OH)–C–C–N with tert-alkyl or cyclic N) is 1. The summed E-state index contributed by atoms with van der Waals surface area (Å²) in [6.07, 6.45) is 1.59. The number of anilines is 3. The van der Waals surface area contributed by atoms with Gasteiger partial charge in [0.05, 0.1) is 27.3 Å². The highest BCUT2D eigenvalue weighted by molar-refractivity contribution is 7.93. The molecular formula is C25H25ClN6O4S2. The van der Waals surface area contributed by atoms with E-state index in [1.54, 1.807) is 53.6 Å². The van der Waals surface area contributed by atoms with Crippen LogP contribution in [0.25, 0.3) is 10.2 Å². The number of aliphatic hydroxyl groups is 1. The molecule has 0 saturated carbocycles. The van der Waals surface area contributed by atoms with Crippen LogP contribution in [0.3, 0.4) is 0 Å². The summed E-state index contributed by atoms with van der Waals surface area (Å²) in [6.45, 7) is 3.22. The second kappa shape index (κ2) is 11.2. The minimum absolute atomic E-state index is 0.0680. The quantitative estimate of drug-likeness (QED) is 0.292. The molecule has 1 aliphatic rings. The van der Waals surface area contributed by atoms with Gasteiger partial charge in [-0.3, -0.25) is 14.4 Å². The highest BCUT2D eigenvalue weighted by Crippen LogP contribution is 2.30. The lowest BCUT2D eigenvalue weighted by Crippen LogP contribution is -2.49. The maximum Gasteiger partial charge on any atom is 0.263 e. The molecule has 0 unspecified atom stereocenters. The van der Waals surface area contributed by atoms with Gasteiger partial charge in [0.25, 0.3) is 15.9 Å². The van der Waals surface area contributed by atoms with E-state index in [9.17, 15) is 13.2 Å². The number of nitrogens with zero attached hydrogens (tertiary/aromatic N) is 4. The van der Waals surface area contributed by atoms with E-state index >= 15 is 0 Å². The molecule has 2 aromatic heterocycles. The molecule has 0 spiro atoms. The van der Waals surface area contributed by atoms with Gasteiger partial charge in [-0.05, 0) is 54.6 Å². The van der Waals surface area contributed by atoms with E-state index in [4.69, 9.17) is 16.7 Å². The van der Waals surface area contributed by atoms with Crippen molar-refractivity contribution in [1.82, 2.24) is 19.8 Å². The van der Waals surface area contributed by atoms with Crippen LogP contribution in [0.4, 0.5) is 16.6 Å². The van der Waals surface area contributed by atoms with E-state index in [2.05, 4.69) is 24.9 Å². The third-order valence-corrected chi connectivity index (χ3v) is 8.78. The Morgan fingerprint density at radius 3 is 2.58 bits per heavy atom. The summed E-state index contributed by atoms with van der Waals surface area (Å²) >= 11 is 7.22. The van der Waals surface area contributed by atoms with Gasteiger partial charge in [0.2, 0.25) is 0 Å². The third-order valence-electron chi connectivity index (χ3n) is 6.11. The lowest BCUT2D eigenvalue weighted by atomic mass is 10.2. The molecule has 38 heavy (non-hydrogen) atoms. The zero-order valence-electron chi connectivity index (χ0n) is 20.2. The standard InChI is InChI=1S/C25H25ClN6O4S2/c26-17-3-8-22-21(16-17)29-25(37-22)30-38(35,36)19-6-4-18(5-7-19)28-23-20(2-1-9-27-23)24(34)32-12-10-31(11-13-32)14-15-33/h1-9,16,33H,10-15H2,(H,27,28)(H,29,30). The number of halogens is 1. The largest absolute Gasteiger partial charge is 0.395 e. The van der Waals surface area contributed by atoms with Crippen LogP contribution >= 0.6 is 22.9 Å². The van der Waals surface area contributed by atoms with Crippen LogP contribution in [-0.2, 0) is 10.0 Å². The van der Waals surface area contributed by atoms with E-state index in [0.29, 0.717) is 60.3 Å². The van der Waals surface area contributed by atoms with Crippen molar-refractivity contribution in [3.63, 3.8) is 0 Å². The molecule has 0 bridgehead atoms. The zero-order chi connectivity index (χ0) is 26.7. The summed E-state index contributed by atoms with van der Waals surface area (Å²) < 4.78 is 29.2. The lowest BCUT2D eigenvalue weighted by Gasteiger charge is -2.34. The highest BCUT2D eigenvalue weighted by atomic mass is 35.5. The molecule has 1 saturated heterocycles. The Morgan fingerprint density at radius 2 is 1.84 bits per heavy atom. The van der Waals surface area contributed by atoms with Crippen molar-refractivity contribution in [2.45, 2.75) is 4.90 Å². The van der Waals surface area contributed by atoms with Crippen molar-refractivity contribution in [1.29, 1.82) is 0 Å². The number of carbonyl (C=O) groups excluding carboxylic acids is 1. The van der Waals surface area contributed by atoms with Crippen LogP contribution < -0.4 is 10.0 Å². The molecule has 1 fully saturated rings. The first-order chi connectivity index (χ1) is 18.3. The van der Waals surface area contributed by atoms with Crippen molar-refractivity contribution in [2.75, 3.05) is 49.4 Å². The van der Waals surface area contributed by atoms with Gasteiger partial charge in [-0.1, -0.05) is 22.9 Å². The molecule has 3 N–H and O–H groups in total. The predicted molar refractivity (Wildman–Crippen MR) is 149 cm³/mol. The molecule has 4 aromatic rings. The van der Waals surface area contributed by atoms with Gasteiger partial charge in [-0.2, -0.15) is 0 Å². The number of carbonyl (C=O) groups is 1. The molecule has 0 radical (unpaired) electrons. The number of pyridine rings is 1. The van der Waals surface area contributed by atoms with Crippen LogP contribution in [0.15, 0.2) is 65.7 Å². The molecule has 2 aromatic carbocycles. The topological polar surface area (TPSA) is 128 Å². The van der Waals surface area contributed by atoms with Crippen LogP contribution in [0.2, 0.25) is 5.02 Å². The van der Waals surface area contributed by atoms with Crippen LogP contribution in [-0.4, -0.2) is 78.5 Å². The predicted octanol–water partition coefficient (Wildman–Crippen LogP) is 3.64. The molecule has 0 atom stereocenters. The lowest BCUT2D eigenvalue weighted by molar-refractivity contribution is 0.0615. The minimum Gasteiger partial charge on any atom is -0.395 e. The number of nitrogens with one attached hydrogen (secondary N) is 2. The van der Waals surface area contributed by atoms with E-state index in [1.807, 2.05) is 0 Å². The molecule has 1 amide bonds. The number of hydrogen-bond donors (Lipinski definition) is 3. The number of piperazine rings is 1. The highest BCUT2D eigenvalue weighted by Gasteiger charge is 2.24. The second-order valence-corrected chi connectivity index (χ2v) is 11.8. The Kier molecular flexibility index (Phi) is 7.77. The monoisotopic (exact) mass is 572 g/mol. The van der Waals surface area contributed by atoms with Gasteiger partial charge >= 0.3 is 0 Å². The van der Waals surface area contributed by atoms with Crippen molar-refractivity contribution >= 4 is 65.7 Å². The van der Waals surface area contributed by atoms with Gasteiger partial charge < -0.3 is 15.3 Å². The summed E-state index contributed by atoms with van der Waals surface area (Å²) in [4.78, 5) is 25.8. The molecule has 13 heteroatoms. The minimum atomic E-state index is -3.86. The smallest absolute Gasteiger partial charge is 0.263 e. The number of sulfonamides is 1. The van der Waals surface area contributed by atoms with Crippen molar-refractivity contribution in [2.24, 2.45) is 0 Å². The molecule has 198 valence electrons. The first-order valence-electron chi connectivity index (χ1n) is 11.9. The van der Waals surface area contributed by atoms with E-state index in [1.165, 1.54) is 23.5 Å². The fourth-order valence-corrected chi connectivity index (χ4v) is 6.38. The summed E-state index contributed by atoms with van der Waals surface area (Å²) in [5, 5.41) is 13.0. The fourth-order valence-electron chi connectivity index (χ4n) is 4.14. The van der Waals surface area contributed by atoms with Gasteiger partial charge in [0.1, 0.15) is 5.82 Å². The Labute approximate surface area is 228 Å². The number of fused-ring (bicyclic) bond motifs is 1. The van der Waals surface area contributed by atoms with Crippen LogP contribution in [0.1, 0.15) is 10.4 Å². The van der Waals surface area contributed by atoms with Crippen molar-refractivity contribution in [3.8, 4) is 0 Å². The number of rotatable bonds is 8. The average molecular weight is 573 g/mol. The fraction of sp³-hybridized carbons (Fsp3) is 0.240. The van der Waals surface area contributed by atoms with E-state index < -0.39 is 10.0 Å². The van der Waals surface area contributed by atoms with Crippen molar-refractivity contribution in [3.05, 3.63) is 71.4 Å². The molecule has 5 rings (SSSR count). The first kappa shape index (κ1) is 26.3. The number of aromatic nitrogens is 2. The maximum absolute atomic E-state index is 13.2. The SMILES string of the molecule is O=C(c1cccnc1Nc1ccc(S(=O)(=O)Nc2nc3cc(Cl)ccc3s2)cc1)N1CCN(CCO)CC1. The Hall–Kier alpha value is -3.29. The Morgan fingerprint density at radius 1 is 1.08 bits per heavy atom. The number of amides is 1.